The van der Waals surface area contributed by atoms with Crippen molar-refractivity contribution in [3.05, 3.63) is 15.6 Å². The summed E-state index contributed by atoms with van der Waals surface area (Å²) in [6.45, 7) is 9.29. The summed E-state index contributed by atoms with van der Waals surface area (Å²) < 4.78 is 0. The lowest BCUT2D eigenvalue weighted by molar-refractivity contribution is 0.564. The van der Waals surface area contributed by atoms with Crippen molar-refractivity contribution in [1.29, 1.82) is 0 Å². The normalized spacial score (nSPS) is 12.1. The number of hydrogen-bond donors (Lipinski definition) is 1. The Morgan fingerprint density at radius 3 is 2.31 bits per heavy atom. The summed E-state index contributed by atoms with van der Waals surface area (Å²) in [4.78, 5) is 5.85. The zero-order valence-corrected chi connectivity index (χ0v) is 9.66. The fourth-order valence-electron chi connectivity index (χ4n) is 1.28. The lowest BCUT2D eigenvalue weighted by Crippen LogP contribution is -2.15. The number of nitrogens with two attached hydrogens (primary N) is 1. The van der Waals surface area contributed by atoms with Crippen molar-refractivity contribution in [2.45, 2.75) is 46.1 Å². The first-order valence-electron chi connectivity index (χ1n) is 4.68. The highest BCUT2D eigenvalue weighted by molar-refractivity contribution is 7.11. The molecular weight excluding hydrogens is 180 g/mol. The third-order valence-corrected chi connectivity index (χ3v) is 3.16. The van der Waals surface area contributed by atoms with Crippen LogP contribution in [0.25, 0.3) is 0 Å². The zero-order chi connectivity index (χ0) is 10.1. The zero-order valence-electron chi connectivity index (χ0n) is 8.85. The molecule has 1 aromatic rings. The average molecular weight is 198 g/mol. The van der Waals surface area contributed by atoms with Gasteiger partial charge in [0.15, 0.2) is 0 Å². The van der Waals surface area contributed by atoms with Crippen LogP contribution in [-0.4, -0.2) is 4.98 Å². The van der Waals surface area contributed by atoms with E-state index in [0.717, 1.165) is 6.42 Å². The summed E-state index contributed by atoms with van der Waals surface area (Å²) in [6.07, 6.45) is 1.01. The third kappa shape index (κ3) is 2.29. The maximum Gasteiger partial charge on any atom is 0.0929 e. The van der Waals surface area contributed by atoms with Crippen LogP contribution in [0, 0.1) is 0 Å². The molecule has 0 saturated heterocycles. The second kappa shape index (κ2) is 3.76. The predicted octanol–water partition coefficient (Wildman–Crippen LogP) is 2.46. The van der Waals surface area contributed by atoms with Gasteiger partial charge in [0.05, 0.1) is 10.7 Å². The van der Waals surface area contributed by atoms with Crippen molar-refractivity contribution in [3.63, 3.8) is 0 Å². The number of aryl methyl sites for hydroxylation is 1. The molecular formula is C10H18N2S. The molecule has 2 nitrogen and oxygen atoms in total. The number of hydrogen-bond acceptors (Lipinski definition) is 3. The van der Waals surface area contributed by atoms with E-state index >= 15 is 0 Å². The first-order valence-corrected chi connectivity index (χ1v) is 5.49. The minimum Gasteiger partial charge on any atom is -0.326 e. The van der Waals surface area contributed by atoms with Crippen molar-refractivity contribution in [2.24, 2.45) is 5.73 Å². The monoisotopic (exact) mass is 198 g/mol. The van der Waals surface area contributed by atoms with Crippen molar-refractivity contribution in [3.8, 4) is 0 Å². The van der Waals surface area contributed by atoms with Gasteiger partial charge < -0.3 is 5.73 Å². The van der Waals surface area contributed by atoms with Crippen LogP contribution in [0.3, 0.4) is 0 Å². The Bertz CT molecular complexity index is 284. The molecule has 74 valence electrons. The summed E-state index contributed by atoms with van der Waals surface area (Å²) in [5, 5.41) is 1.20. The van der Waals surface area contributed by atoms with Crippen LogP contribution < -0.4 is 5.73 Å². The van der Waals surface area contributed by atoms with Crippen molar-refractivity contribution in [2.75, 3.05) is 0 Å². The van der Waals surface area contributed by atoms with E-state index in [1.807, 2.05) is 0 Å². The predicted molar refractivity (Wildman–Crippen MR) is 58.1 cm³/mol. The number of rotatable bonds is 2. The minimum atomic E-state index is 0.124. The third-order valence-electron chi connectivity index (χ3n) is 1.94. The van der Waals surface area contributed by atoms with E-state index in [9.17, 15) is 0 Å². The van der Waals surface area contributed by atoms with Gasteiger partial charge in [-0.1, -0.05) is 27.7 Å². The maximum atomic E-state index is 5.69. The quantitative estimate of drug-likeness (QED) is 0.793. The Morgan fingerprint density at radius 2 is 2.00 bits per heavy atom. The molecule has 0 unspecified atom stereocenters. The summed E-state index contributed by atoms with van der Waals surface area (Å²) >= 11 is 1.75. The largest absolute Gasteiger partial charge is 0.326 e. The van der Waals surface area contributed by atoms with Crippen LogP contribution in [0.1, 0.15) is 43.3 Å². The van der Waals surface area contributed by atoms with E-state index in [2.05, 4.69) is 32.7 Å². The molecule has 3 heteroatoms. The molecule has 2 N–H and O–H groups in total. The molecule has 1 aromatic heterocycles. The average Bonchev–Trinajstić information content (AvgIpc) is 2.46. The molecule has 13 heavy (non-hydrogen) atoms. The molecule has 0 aliphatic carbocycles. The van der Waals surface area contributed by atoms with Gasteiger partial charge in [0.1, 0.15) is 0 Å². The molecule has 0 atom stereocenters. The van der Waals surface area contributed by atoms with Gasteiger partial charge in [0, 0.05) is 16.8 Å². The smallest absolute Gasteiger partial charge is 0.0929 e. The Kier molecular flexibility index (Phi) is 3.09. The van der Waals surface area contributed by atoms with Crippen LogP contribution in [0.4, 0.5) is 0 Å². The van der Waals surface area contributed by atoms with Crippen LogP contribution in [0.15, 0.2) is 0 Å². The molecule has 1 rings (SSSR count). The van der Waals surface area contributed by atoms with Crippen LogP contribution in [0.2, 0.25) is 0 Å². The van der Waals surface area contributed by atoms with E-state index in [0.29, 0.717) is 6.54 Å². The second-order valence-electron chi connectivity index (χ2n) is 4.19. The van der Waals surface area contributed by atoms with Gasteiger partial charge >= 0.3 is 0 Å². The Labute approximate surface area is 84.2 Å². The van der Waals surface area contributed by atoms with Crippen LogP contribution in [0.5, 0.6) is 0 Å². The molecule has 0 aromatic carbocycles. The molecule has 0 aliphatic heterocycles. The van der Waals surface area contributed by atoms with Gasteiger partial charge in [-0.05, 0) is 6.42 Å². The summed E-state index contributed by atoms with van der Waals surface area (Å²) in [7, 11) is 0. The standard InChI is InChI=1S/C10H18N2S/c1-5-8-12-9(10(2,3)4)7(6-11)13-8/h5-6,11H2,1-4H3. The molecule has 0 amide bonds. The fourth-order valence-corrected chi connectivity index (χ4v) is 2.37. The van der Waals surface area contributed by atoms with Crippen molar-refractivity contribution < 1.29 is 0 Å². The summed E-state index contributed by atoms with van der Waals surface area (Å²) in [5.41, 5.74) is 6.99. The highest BCUT2D eigenvalue weighted by Crippen LogP contribution is 2.29. The Morgan fingerprint density at radius 1 is 1.38 bits per heavy atom. The molecule has 0 saturated carbocycles. The SMILES string of the molecule is CCc1nc(C(C)(C)C)c(CN)s1. The van der Waals surface area contributed by atoms with E-state index in [1.54, 1.807) is 11.3 Å². The molecule has 0 bridgehead atoms. The molecule has 0 radical (unpaired) electrons. The van der Waals surface area contributed by atoms with Crippen molar-refractivity contribution in [1.82, 2.24) is 4.98 Å². The highest BCUT2D eigenvalue weighted by Gasteiger charge is 2.21. The van der Waals surface area contributed by atoms with Crippen LogP contribution in [-0.2, 0) is 18.4 Å². The van der Waals surface area contributed by atoms with E-state index in [1.165, 1.54) is 15.6 Å². The summed E-state index contributed by atoms with van der Waals surface area (Å²) in [6, 6.07) is 0. The Balaban J connectivity index is 3.11. The number of aromatic nitrogens is 1. The summed E-state index contributed by atoms with van der Waals surface area (Å²) in [5.74, 6) is 0. The minimum absolute atomic E-state index is 0.124. The fraction of sp³-hybridized carbons (Fsp3) is 0.700. The van der Waals surface area contributed by atoms with Crippen molar-refractivity contribution >= 4 is 11.3 Å². The molecule has 0 spiro atoms. The topological polar surface area (TPSA) is 38.9 Å². The second-order valence-corrected chi connectivity index (χ2v) is 5.36. The highest BCUT2D eigenvalue weighted by atomic mass is 32.1. The maximum absolute atomic E-state index is 5.69. The van der Waals surface area contributed by atoms with Gasteiger partial charge in [0.25, 0.3) is 0 Å². The number of thiazole rings is 1. The van der Waals surface area contributed by atoms with Crippen LogP contribution >= 0.6 is 11.3 Å². The van der Waals surface area contributed by atoms with Gasteiger partial charge in [-0.25, -0.2) is 4.98 Å². The van der Waals surface area contributed by atoms with E-state index in [4.69, 9.17) is 5.73 Å². The first-order chi connectivity index (χ1) is 5.99. The van der Waals surface area contributed by atoms with Gasteiger partial charge in [0.2, 0.25) is 0 Å². The van der Waals surface area contributed by atoms with E-state index < -0.39 is 0 Å². The van der Waals surface area contributed by atoms with Gasteiger partial charge in [-0.3, -0.25) is 0 Å². The number of nitrogens with zero attached hydrogens (tertiary/aromatic N) is 1. The first kappa shape index (κ1) is 10.7. The lowest BCUT2D eigenvalue weighted by Gasteiger charge is -2.16. The molecule has 0 fully saturated rings. The Hall–Kier alpha value is -0.410. The van der Waals surface area contributed by atoms with Gasteiger partial charge in [-0.2, -0.15) is 0 Å². The molecule has 0 aliphatic rings. The lowest BCUT2D eigenvalue weighted by atomic mass is 9.91. The van der Waals surface area contributed by atoms with E-state index in [-0.39, 0.29) is 5.41 Å². The van der Waals surface area contributed by atoms with Gasteiger partial charge in [-0.15, -0.1) is 11.3 Å². The molecule has 1 heterocycles.